The largest absolute Gasteiger partial charge is 0.320 e. The molecule has 0 aromatic heterocycles. The van der Waals surface area contributed by atoms with E-state index in [9.17, 15) is 0 Å². The zero-order chi connectivity index (χ0) is 13.5. The van der Waals surface area contributed by atoms with Crippen LogP contribution in [0.15, 0.2) is 6.07 Å². The fourth-order valence-electron chi connectivity index (χ4n) is 1.79. The van der Waals surface area contributed by atoms with E-state index in [4.69, 9.17) is 46.4 Å². The quantitative estimate of drug-likeness (QED) is 0.389. The highest BCUT2D eigenvalue weighted by atomic mass is 35.5. The summed E-state index contributed by atoms with van der Waals surface area (Å²) < 4.78 is 0. The van der Waals surface area contributed by atoms with Crippen molar-refractivity contribution in [3.63, 3.8) is 0 Å². The Balaban J connectivity index is 2.50. The first-order valence-corrected chi connectivity index (χ1v) is 7.55. The average Bonchev–Trinajstić information content (AvgIpc) is 2.34. The maximum absolute atomic E-state index is 6.16. The standard InChI is InChI=1S/C13H17Cl4N/c1-18-7-5-3-2-4-6-9-10(14)8-11(15)13(17)12(9)16/h8,18H,2-7H2,1H3. The molecule has 0 bridgehead atoms. The normalized spacial score (nSPS) is 10.9. The van der Waals surface area contributed by atoms with Gasteiger partial charge in [0.15, 0.2) is 0 Å². The number of rotatable bonds is 7. The molecule has 1 nitrogen and oxygen atoms in total. The fourth-order valence-corrected chi connectivity index (χ4v) is 2.91. The van der Waals surface area contributed by atoms with Crippen molar-refractivity contribution in [3.05, 3.63) is 31.7 Å². The minimum Gasteiger partial charge on any atom is -0.320 e. The molecule has 0 spiro atoms. The van der Waals surface area contributed by atoms with Crippen LogP contribution in [0.5, 0.6) is 0 Å². The molecule has 18 heavy (non-hydrogen) atoms. The summed E-state index contributed by atoms with van der Waals surface area (Å²) in [4.78, 5) is 0. The van der Waals surface area contributed by atoms with Crippen molar-refractivity contribution in [2.45, 2.75) is 32.1 Å². The van der Waals surface area contributed by atoms with Crippen LogP contribution in [0.2, 0.25) is 20.1 Å². The van der Waals surface area contributed by atoms with Crippen LogP contribution in [0.25, 0.3) is 0 Å². The number of halogens is 4. The molecule has 5 heteroatoms. The van der Waals surface area contributed by atoms with E-state index in [1.807, 2.05) is 7.05 Å². The summed E-state index contributed by atoms with van der Waals surface area (Å²) >= 11 is 24.2. The zero-order valence-electron chi connectivity index (χ0n) is 10.3. The summed E-state index contributed by atoms with van der Waals surface area (Å²) in [5, 5.41) is 5.03. The van der Waals surface area contributed by atoms with Crippen LogP contribution >= 0.6 is 46.4 Å². The van der Waals surface area contributed by atoms with Crippen LogP contribution in [-0.4, -0.2) is 13.6 Å². The van der Waals surface area contributed by atoms with Crippen LogP contribution in [0, 0.1) is 0 Å². The molecule has 1 N–H and O–H groups in total. The van der Waals surface area contributed by atoms with Gasteiger partial charge in [0.2, 0.25) is 0 Å². The molecule has 0 saturated heterocycles. The Morgan fingerprint density at radius 3 is 2.22 bits per heavy atom. The van der Waals surface area contributed by atoms with Gasteiger partial charge in [-0.15, -0.1) is 0 Å². The van der Waals surface area contributed by atoms with Crippen LogP contribution in [0.3, 0.4) is 0 Å². The Hall–Kier alpha value is 0.340. The highest BCUT2D eigenvalue weighted by Crippen LogP contribution is 2.38. The summed E-state index contributed by atoms with van der Waals surface area (Å²) in [6.45, 7) is 1.06. The average molecular weight is 329 g/mol. The molecule has 0 atom stereocenters. The first-order valence-electron chi connectivity index (χ1n) is 6.04. The first kappa shape index (κ1) is 16.4. The zero-order valence-corrected chi connectivity index (χ0v) is 13.4. The maximum Gasteiger partial charge on any atom is 0.0782 e. The summed E-state index contributed by atoms with van der Waals surface area (Å²) in [7, 11) is 1.97. The molecule has 0 fully saturated rings. The van der Waals surface area contributed by atoms with E-state index in [1.165, 1.54) is 12.8 Å². The third-order valence-corrected chi connectivity index (χ3v) is 4.45. The van der Waals surface area contributed by atoms with Gasteiger partial charge < -0.3 is 5.32 Å². The van der Waals surface area contributed by atoms with E-state index >= 15 is 0 Å². The monoisotopic (exact) mass is 327 g/mol. The summed E-state index contributed by atoms with van der Waals surface area (Å²) in [6, 6.07) is 1.66. The SMILES string of the molecule is CNCCCCCCc1c(Cl)cc(Cl)c(Cl)c1Cl. The van der Waals surface area contributed by atoms with E-state index in [0.717, 1.165) is 31.4 Å². The van der Waals surface area contributed by atoms with Gasteiger partial charge in [-0.3, -0.25) is 0 Å². The molecule has 102 valence electrons. The second kappa shape index (κ2) is 8.50. The second-order valence-electron chi connectivity index (χ2n) is 4.21. The lowest BCUT2D eigenvalue weighted by atomic mass is 10.1. The molecule has 1 aromatic carbocycles. The number of benzene rings is 1. The highest BCUT2D eigenvalue weighted by Gasteiger charge is 2.13. The first-order chi connectivity index (χ1) is 8.57. The van der Waals surface area contributed by atoms with E-state index in [-0.39, 0.29) is 0 Å². The molecule has 0 aliphatic heterocycles. The van der Waals surface area contributed by atoms with Gasteiger partial charge in [0.05, 0.1) is 15.1 Å². The van der Waals surface area contributed by atoms with Gasteiger partial charge in [0, 0.05) is 5.02 Å². The van der Waals surface area contributed by atoms with Crippen LogP contribution in [-0.2, 0) is 6.42 Å². The van der Waals surface area contributed by atoms with Gasteiger partial charge in [-0.2, -0.15) is 0 Å². The predicted octanol–water partition coefficient (Wildman–Crippen LogP) is 5.62. The highest BCUT2D eigenvalue weighted by molar-refractivity contribution is 6.49. The van der Waals surface area contributed by atoms with Crippen molar-refractivity contribution >= 4 is 46.4 Å². The molecule has 1 aromatic rings. The smallest absolute Gasteiger partial charge is 0.0782 e. The molecule has 0 amide bonds. The van der Waals surface area contributed by atoms with Crippen molar-refractivity contribution in [2.75, 3.05) is 13.6 Å². The van der Waals surface area contributed by atoms with Crippen molar-refractivity contribution in [3.8, 4) is 0 Å². The van der Waals surface area contributed by atoms with E-state index in [0.29, 0.717) is 20.1 Å². The number of hydrogen-bond donors (Lipinski definition) is 1. The molecule has 0 aliphatic carbocycles. The molecular weight excluding hydrogens is 312 g/mol. The lowest BCUT2D eigenvalue weighted by Crippen LogP contribution is -2.06. The van der Waals surface area contributed by atoms with Gasteiger partial charge in [-0.25, -0.2) is 0 Å². The van der Waals surface area contributed by atoms with Crippen molar-refractivity contribution in [1.82, 2.24) is 5.32 Å². The molecule has 0 saturated carbocycles. The fraction of sp³-hybridized carbons (Fsp3) is 0.538. The van der Waals surface area contributed by atoms with Crippen LogP contribution < -0.4 is 5.32 Å². The third kappa shape index (κ3) is 4.79. The molecule has 0 heterocycles. The topological polar surface area (TPSA) is 12.0 Å². The van der Waals surface area contributed by atoms with Gasteiger partial charge in [-0.1, -0.05) is 59.2 Å². The van der Waals surface area contributed by atoms with Crippen LogP contribution in [0.1, 0.15) is 31.2 Å². The van der Waals surface area contributed by atoms with Gasteiger partial charge in [0.25, 0.3) is 0 Å². The van der Waals surface area contributed by atoms with Gasteiger partial charge in [-0.05, 0) is 44.5 Å². The summed E-state index contributed by atoms with van der Waals surface area (Å²) in [5.41, 5.74) is 0.904. The Morgan fingerprint density at radius 1 is 0.889 bits per heavy atom. The predicted molar refractivity (Wildman–Crippen MR) is 82.6 cm³/mol. The molecule has 0 radical (unpaired) electrons. The van der Waals surface area contributed by atoms with Gasteiger partial charge in [0.1, 0.15) is 0 Å². The van der Waals surface area contributed by atoms with Crippen molar-refractivity contribution in [1.29, 1.82) is 0 Å². The molecule has 0 unspecified atom stereocenters. The molecular formula is C13H17Cl4N. The lowest BCUT2D eigenvalue weighted by molar-refractivity contribution is 0.616. The number of unbranched alkanes of at least 4 members (excludes halogenated alkanes) is 3. The van der Waals surface area contributed by atoms with Crippen molar-refractivity contribution in [2.24, 2.45) is 0 Å². The number of hydrogen-bond acceptors (Lipinski definition) is 1. The van der Waals surface area contributed by atoms with E-state index in [2.05, 4.69) is 5.32 Å². The van der Waals surface area contributed by atoms with E-state index < -0.39 is 0 Å². The Kier molecular flexibility index (Phi) is 7.74. The molecule has 0 aliphatic rings. The minimum atomic E-state index is 0.396. The number of nitrogens with one attached hydrogen (secondary N) is 1. The molecule has 1 rings (SSSR count). The summed E-state index contributed by atoms with van der Waals surface area (Å²) in [5.74, 6) is 0. The van der Waals surface area contributed by atoms with Gasteiger partial charge >= 0.3 is 0 Å². The van der Waals surface area contributed by atoms with Crippen LogP contribution in [0.4, 0.5) is 0 Å². The maximum atomic E-state index is 6.16. The van der Waals surface area contributed by atoms with E-state index in [1.54, 1.807) is 6.07 Å². The lowest BCUT2D eigenvalue weighted by Gasteiger charge is -2.10. The Morgan fingerprint density at radius 2 is 1.56 bits per heavy atom. The second-order valence-corrected chi connectivity index (χ2v) is 5.78. The Bertz CT molecular complexity index is 393. The minimum absolute atomic E-state index is 0.396. The Labute approximate surface area is 129 Å². The third-order valence-electron chi connectivity index (χ3n) is 2.81. The summed E-state index contributed by atoms with van der Waals surface area (Å²) in [6.07, 6.45) is 5.46. The van der Waals surface area contributed by atoms with Crippen molar-refractivity contribution < 1.29 is 0 Å².